The number of nitrogens with zero attached hydrogens (tertiary/aromatic N) is 2. The summed E-state index contributed by atoms with van der Waals surface area (Å²) >= 11 is 5.79. The molecule has 0 aromatic carbocycles. The van der Waals surface area contributed by atoms with E-state index >= 15 is 0 Å². The number of carbonyl (C=O) groups excluding carboxylic acids is 1. The van der Waals surface area contributed by atoms with Crippen LogP contribution in [0.3, 0.4) is 0 Å². The molecule has 0 aliphatic carbocycles. The Morgan fingerprint density at radius 3 is 2.61 bits per heavy atom. The van der Waals surface area contributed by atoms with Crippen LogP contribution >= 0.6 is 11.6 Å². The molecule has 1 fully saturated rings. The maximum Gasteiger partial charge on any atom is 0.411 e. The van der Waals surface area contributed by atoms with Crippen LogP contribution in [0.5, 0.6) is 0 Å². The summed E-state index contributed by atoms with van der Waals surface area (Å²) in [7, 11) is 0. The van der Waals surface area contributed by atoms with E-state index in [-0.39, 0.29) is 5.92 Å². The molecule has 1 amide bonds. The molecule has 2 unspecified atom stereocenters. The number of aromatic nitrogens is 1. The Labute approximate surface area is 140 Å². The Kier molecular flexibility index (Phi) is 5.14. The van der Waals surface area contributed by atoms with Gasteiger partial charge >= 0.3 is 12.1 Å². The van der Waals surface area contributed by atoms with Gasteiger partial charge in [-0.05, 0) is 45.2 Å². The number of ether oxygens (including phenoxy) is 1. The number of amides is 1. The quantitative estimate of drug-likeness (QED) is 0.835. The minimum Gasteiger partial charge on any atom is -0.480 e. The normalized spacial score (nSPS) is 21.8. The Balaban J connectivity index is 2.28. The van der Waals surface area contributed by atoms with Crippen LogP contribution in [0.1, 0.15) is 45.1 Å². The topological polar surface area (TPSA) is 79.7 Å². The van der Waals surface area contributed by atoms with E-state index in [0.29, 0.717) is 24.5 Å². The Morgan fingerprint density at radius 2 is 2.09 bits per heavy atom. The molecule has 7 heteroatoms. The van der Waals surface area contributed by atoms with Crippen LogP contribution in [-0.2, 0) is 9.53 Å². The molecule has 0 bridgehead atoms. The number of hydrogen-bond donors (Lipinski definition) is 1. The number of pyridine rings is 1. The maximum atomic E-state index is 12.4. The van der Waals surface area contributed by atoms with Gasteiger partial charge in [-0.3, -0.25) is 4.90 Å². The average molecular weight is 341 g/mol. The van der Waals surface area contributed by atoms with Crippen molar-refractivity contribution in [2.45, 2.75) is 51.2 Å². The smallest absolute Gasteiger partial charge is 0.411 e. The monoisotopic (exact) mass is 340 g/mol. The molecule has 0 spiro atoms. The van der Waals surface area contributed by atoms with Gasteiger partial charge in [0.15, 0.2) is 0 Å². The number of likely N-dealkylation sites (tertiary alicyclic amines) is 1. The zero-order chi connectivity index (χ0) is 17.2. The first kappa shape index (κ1) is 17.5. The highest BCUT2D eigenvalue weighted by Crippen LogP contribution is 2.33. The highest BCUT2D eigenvalue weighted by Gasteiger charge is 2.41. The molecular weight excluding hydrogens is 320 g/mol. The Hall–Kier alpha value is -1.82. The van der Waals surface area contributed by atoms with Gasteiger partial charge in [0.1, 0.15) is 16.8 Å². The summed E-state index contributed by atoms with van der Waals surface area (Å²) in [4.78, 5) is 29.5. The first-order valence-electron chi connectivity index (χ1n) is 7.53. The molecule has 1 saturated heterocycles. The van der Waals surface area contributed by atoms with Crippen LogP contribution in [0, 0.1) is 0 Å². The number of piperidine rings is 1. The highest BCUT2D eigenvalue weighted by molar-refractivity contribution is 6.29. The Bertz CT molecular complexity index is 583. The van der Waals surface area contributed by atoms with Gasteiger partial charge in [0.2, 0.25) is 0 Å². The lowest BCUT2D eigenvalue weighted by Gasteiger charge is -2.39. The molecule has 0 saturated carbocycles. The van der Waals surface area contributed by atoms with Gasteiger partial charge in [0.05, 0.1) is 0 Å². The molecule has 2 rings (SSSR count). The molecule has 1 aliphatic rings. The molecule has 6 nitrogen and oxygen atoms in total. The highest BCUT2D eigenvalue weighted by atomic mass is 35.5. The van der Waals surface area contributed by atoms with Crippen molar-refractivity contribution in [1.82, 2.24) is 9.88 Å². The maximum absolute atomic E-state index is 12.4. The third-order valence-electron chi connectivity index (χ3n) is 3.69. The molecule has 2 heterocycles. The number of halogens is 1. The standard InChI is InChI=1S/C16H21ClN2O4/c1-16(2,3)23-15(22)19-8-4-5-11(13(19)14(20)21)10-6-7-12(17)18-9-10/h6-7,9,11,13H,4-5,8H2,1-3H3,(H,20,21). The second-order valence-corrected chi connectivity index (χ2v) is 7.01. The largest absolute Gasteiger partial charge is 0.480 e. The third kappa shape index (κ3) is 4.34. The van der Waals surface area contributed by atoms with Crippen molar-refractivity contribution in [3.63, 3.8) is 0 Å². The molecule has 2 atom stereocenters. The van der Waals surface area contributed by atoms with Gasteiger partial charge in [-0.2, -0.15) is 0 Å². The first-order chi connectivity index (χ1) is 10.7. The summed E-state index contributed by atoms with van der Waals surface area (Å²) in [6, 6.07) is 2.41. The summed E-state index contributed by atoms with van der Waals surface area (Å²) in [5.41, 5.74) is 0.0876. The second kappa shape index (κ2) is 6.74. The van der Waals surface area contributed by atoms with Gasteiger partial charge in [-0.1, -0.05) is 17.7 Å². The van der Waals surface area contributed by atoms with Gasteiger partial charge in [-0.25, -0.2) is 14.6 Å². The van der Waals surface area contributed by atoms with Crippen molar-refractivity contribution in [2.24, 2.45) is 0 Å². The van der Waals surface area contributed by atoms with Crippen LogP contribution in [0.25, 0.3) is 0 Å². The molecule has 1 aromatic heterocycles. The average Bonchev–Trinajstić information content (AvgIpc) is 2.45. The van der Waals surface area contributed by atoms with Crippen molar-refractivity contribution in [3.05, 3.63) is 29.0 Å². The minimum atomic E-state index is -1.05. The number of carboxylic acid groups (broad SMARTS) is 1. The SMILES string of the molecule is CC(C)(C)OC(=O)N1CCCC(c2ccc(Cl)nc2)C1C(=O)O. The minimum absolute atomic E-state index is 0.335. The lowest BCUT2D eigenvalue weighted by Crippen LogP contribution is -2.53. The third-order valence-corrected chi connectivity index (χ3v) is 3.91. The lowest BCUT2D eigenvalue weighted by molar-refractivity contribution is -0.145. The number of carbonyl (C=O) groups is 2. The van der Waals surface area contributed by atoms with E-state index in [1.165, 1.54) is 4.90 Å². The fourth-order valence-corrected chi connectivity index (χ4v) is 2.89. The summed E-state index contributed by atoms with van der Waals surface area (Å²) < 4.78 is 5.35. The van der Waals surface area contributed by atoms with Crippen LogP contribution in [0.4, 0.5) is 4.79 Å². The molecule has 1 aromatic rings. The van der Waals surface area contributed by atoms with E-state index in [9.17, 15) is 14.7 Å². The van der Waals surface area contributed by atoms with Crippen LogP contribution in [0.15, 0.2) is 18.3 Å². The van der Waals surface area contributed by atoms with Gasteiger partial charge in [-0.15, -0.1) is 0 Å². The summed E-state index contributed by atoms with van der Waals surface area (Å²) in [6.07, 6.45) is 2.34. The molecule has 1 aliphatic heterocycles. The van der Waals surface area contributed by atoms with Crippen LogP contribution in [-0.4, -0.2) is 45.2 Å². The van der Waals surface area contributed by atoms with Crippen LogP contribution in [0.2, 0.25) is 5.15 Å². The van der Waals surface area contributed by atoms with Gasteiger partial charge in [0.25, 0.3) is 0 Å². The van der Waals surface area contributed by atoms with E-state index < -0.39 is 23.7 Å². The first-order valence-corrected chi connectivity index (χ1v) is 7.91. The zero-order valence-corrected chi connectivity index (χ0v) is 14.2. The summed E-state index contributed by atoms with van der Waals surface area (Å²) in [5.74, 6) is -1.38. The molecule has 1 N–H and O–H groups in total. The summed E-state index contributed by atoms with van der Waals surface area (Å²) in [6.45, 7) is 5.63. The fourth-order valence-electron chi connectivity index (χ4n) is 2.78. The van der Waals surface area contributed by atoms with Crippen molar-refractivity contribution < 1.29 is 19.4 Å². The zero-order valence-electron chi connectivity index (χ0n) is 13.5. The molecule has 126 valence electrons. The van der Waals surface area contributed by atoms with E-state index in [2.05, 4.69) is 4.98 Å². The lowest BCUT2D eigenvalue weighted by atomic mass is 9.84. The fraction of sp³-hybridized carbons (Fsp3) is 0.562. The number of hydrogen-bond acceptors (Lipinski definition) is 4. The van der Waals surface area contributed by atoms with Crippen molar-refractivity contribution in [1.29, 1.82) is 0 Å². The number of rotatable bonds is 2. The van der Waals surface area contributed by atoms with Crippen molar-refractivity contribution >= 4 is 23.7 Å². The van der Waals surface area contributed by atoms with Gasteiger partial charge < -0.3 is 9.84 Å². The molecular formula is C16H21ClN2O4. The van der Waals surface area contributed by atoms with Crippen molar-refractivity contribution in [3.8, 4) is 0 Å². The van der Waals surface area contributed by atoms with E-state index in [1.54, 1.807) is 39.1 Å². The van der Waals surface area contributed by atoms with Crippen molar-refractivity contribution in [2.75, 3.05) is 6.54 Å². The predicted octanol–water partition coefficient (Wildman–Crippen LogP) is 3.30. The second-order valence-electron chi connectivity index (χ2n) is 6.62. The van der Waals surface area contributed by atoms with E-state index in [4.69, 9.17) is 16.3 Å². The van der Waals surface area contributed by atoms with E-state index in [1.807, 2.05) is 0 Å². The number of carboxylic acids is 1. The molecule has 0 radical (unpaired) electrons. The van der Waals surface area contributed by atoms with E-state index in [0.717, 1.165) is 5.56 Å². The van der Waals surface area contributed by atoms with Gasteiger partial charge in [0, 0.05) is 18.7 Å². The van der Waals surface area contributed by atoms with Crippen LogP contribution < -0.4 is 0 Å². The molecule has 23 heavy (non-hydrogen) atoms. The predicted molar refractivity (Wildman–Crippen MR) is 85.6 cm³/mol. The summed E-state index contributed by atoms with van der Waals surface area (Å²) in [5, 5.41) is 9.99. The Morgan fingerprint density at radius 1 is 1.39 bits per heavy atom. The number of aliphatic carboxylic acids is 1.